The molecule has 3 rings (SSSR count). The van der Waals surface area contributed by atoms with Crippen molar-refractivity contribution in [1.82, 2.24) is 0 Å². The first-order chi connectivity index (χ1) is 9.22. The largest absolute Gasteiger partial charge is 0.508 e. The summed E-state index contributed by atoms with van der Waals surface area (Å²) in [5, 5.41) is 12.9. The van der Waals surface area contributed by atoms with Gasteiger partial charge in [0.1, 0.15) is 11.6 Å². The number of halogens is 1. The molecular weight excluding hydrogens is 241 g/mol. The van der Waals surface area contributed by atoms with Crippen LogP contribution in [-0.4, -0.2) is 5.11 Å². The zero-order valence-corrected chi connectivity index (χ0v) is 10.5. The Morgan fingerprint density at radius 1 is 1.11 bits per heavy atom. The maximum Gasteiger partial charge on any atom is 0.123 e. The number of hydrogen-bond acceptors (Lipinski definition) is 2. The van der Waals surface area contributed by atoms with Crippen LogP contribution in [0.3, 0.4) is 0 Å². The molecule has 1 unspecified atom stereocenters. The topological polar surface area (TPSA) is 32.3 Å². The summed E-state index contributed by atoms with van der Waals surface area (Å²) in [6.07, 6.45) is 2.38. The fraction of sp³-hybridized carbons (Fsp3) is 0.250. The predicted octanol–water partition coefficient (Wildman–Crippen LogP) is 4.09. The van der Waals surface area contributed by atoms with Crippen LogP contribution in [0.15, 0.2) is 48.5 Å². The zero-order chi connectivity index (χ0) is 13.2. The summed E-state index contributed by atoms with van der Waals surface area (Å²) in [5.74, 6) is 0.627. The van der Waals surface area contributed by atoms with Gasteiger partial charge in [-0.05, 0) is 48.6 Å². The van der Waals surface area contributed by atoms with Gasteiger partial charge < -0.3 is 10.4 Å². The van der Waals surface area contributed by atoms with Crippen LogP contribution in [-0.2, 0) is 0 Å². The number of hydrogen-bond donors (Lipinski definition) is 2. The first kappa shape index (κ1) is 12.0. The molecule has 0 aromatic heterocycles. The molecule has 2 aromatic rings. The minimum atomic E-state index is -0.212. The molecule has 1 atom stereocenters. The van der Waals surface area contributed by atoms with Crippen LogP contribution in [0.4, 0.5) is 10.1 Å². The number of phenols is 1. The second kappa shape index (κ2) is 4.92. The van der Waals surface area contributed by atoms with Crippen molar-refractivity contribution in [2.45, 2.75) is 18.9 Å². The van der Waals surface area contributed by atoms with Gasteiger partial charge in [-0.1, -0.05) is 18.2 Å². The monoisotopic (exact) mass is 257 g/mol. The molecule has 2 nitrogen and oxygen atoms in total. The minimum Gasteiger partial charge on any atom is -0.508 e. The lowest BCUT2D eigenvalue weighted by molar-refractivity contribution is 0.475. The predicted molar refractivity (Wildman–Crippen MR) is 73.6 cm³/mol. The van der Waals surface area contributed by atoms with Gasteiger partial charge >= 0.3 is 0 Å². The standard InChI is InChI=1S/C16H16FNO/c17-13-8-6-12(7-9-13)16(11-4-5-11)18-14-2-1-3-15(19)10-14/h1-3,6-11,16,18-19H,4-5H2. The molecule has 0 saturated heterocycles. The quantitative estimate of drug-likeness (QED) is 0.864. The highest BCUT2D eigenvalue weighted by atomic mass is 19.1. The molecular formula is C16H16FNO. The molecule has 3 heteroatoms. The van der Waals surface area contributed by atoms with Crippen LogP contribution in [0, 0.1) is 11.7 Å². The highest BCUT2D eigenvalue weighted by Crippen LogP contribution is 2.43. The van der Waals surface area contributed by atoms with Crippen LogP contribution in [0.1, 0.15) is 24.4 Å². The molecule has 0 heterocycles. The molecule has 0 spiro atoms. The van der Waals surface area contributed by atoms with Crippen molar-refractivity contribution in [3.63, 3.8) is 0 Å². The Morgan fingerprint density at radius 2 is 1.84 bits per heavy atom. The van der Waals surface area contributed by atoms with E-state index in [-0.39, 0.29) is 17.6 Å². The number of aromatic hydroxyl groups is 1. The maximum absolute atomic E-state index is 13.0. The Bertz CT molecular complexity index is 563. The summed E-state index contributed by atoms with van der Waals surface area (Å²) < 4.78 is 13.0. The number of phenolic OH excluding ortho intramolecular Hbond substituents is 1. The van der Waals surface area contributed by atoms with Crippen LogP contribution >= 0.6 is 0 Å². The van der Waals surface area contributed by atoms with E-state index >= 15 is 0 Å². The SMILES string of the molecule is Oc1cccc(NC(c2ccc(F)cc2)C2CC2)c1. The lowest BCUT2D eigenvalue weighted by atomic mass is 10.0. The van der Waals surface area contributed by atoms with Gasteiger partial charge in [-0.3, -0.25) is 0 Å². The van der Waals surface area contributed by atoms with Gasteiger partial charge in [-0.25, -0.2) is 4.39 Å². The van der Waals surface area contributed by atoms with Gasteiger partial charge in [0.25, 0.3) is 0 Å². The summed E-state index contributed by atoms with van der Waals surface area (Å²) in [6, 6.07) is 13.9. The Balaban J connectivity index is 1.83. The number of nitrogens with one attached hydrogen (secondary N) is 1. The van der Waals surface area contributed by atoms with E-state index in [0.717, 1.165) is 11.3 Å². The fourth-order valence-electron chi connectivity index (χ4n) is 2.35. The highest BCUT2D eigenvalue weighted by Gasteiger charge is 2.32. The van der Waals surface area contributed by atoms with Crippen molar-refractivity contribution in [1.29, 1.82) is 0 Å². The molecule has 1 saturated carbocycles. The Morgan fingerprint density at radius 3 is 2.47 bits per heavy atom. The number of anilines is 1. The summed E-state index contributed by atoms with van der Waals surface area (Å²) in [5.41, 5.74) is 1.98. The summed E-state index contributed by atoms with van der Waals surface area (Å²) in [7, 11) is 0. The van der Waals surface area contributed by atoms with Crippen molar-refractivity contribution in [2.24, 2.45) is 5.92 Å². The first-order valence-electron chi connectivity index (χ1n) is 6.53. The van der Waals surface area contributed by atoms with E-state index < -0.39 is 0 Å². The van der Waals surface area contributed by atoms with Crippen LogP contribution in [0.2, 0.25) is 0 Å². The molecule has 19 heavy (non-hydrogen) atoms. The van der Waals surface area contributed by atoms with E-state index in [1.54, 1.807) is 12.1 Å². The second-order valence-corrected chi connectivity index (χ2v) is 5.06. The van der Waals surface area contributed by atoms with E-state index in [0.29, 0.717) is 5.92 Å². The summed E-state index contributed by atoms with van der Waals surface area (Å²) >= 11 is 0. The fourth-order valence-corrected chi connectivity index (χ4v) is 2.35. The Hall–Kier alpha value is -2.03. The van der Waals surface area contributed by atoms with Crippen molar-refractivity contribution in [3.8, 4) is 5.75 Å². The van der Waals surface area contributed by atoms with E-state index in [1.165, 1.54) is 25.0 Å². The van der Waals surface area contributed by atoms with Crippen LogP contribution < -0.4 is 5.32 Å². The number of rotatable bonds is 4. The first-order valence-corrected chi connectivity index (χ1v) is 6.53. The Kier molecular flexibility index (Phi) is 3.11. The van der Waals surface area contributed by atoms with E-state index in [1.807, 2.05) is 24.3 Å². The molecule has 1 fully saturated rings. The second-order valence-electron chi connectivity index (χ2n) is 5.06. The Labute approximate surface area is 111 Å². The molecule has 1 aliphatic carbocycles. The molecule has 1 aliphatic rings. The van der Waals surface area contributed by atoms with Crippen LogP contribution in [0.5, 0.6) is 5.75 Å². The van der Waals surface area contributed by atoms with Gasteiger partial charge in [-0.2, -0.15) is 0 Å². The molecule has 0 bridgehead atoms. The van der Waals surface area contributed by atoms with E-state index in [9.17, 15) is 9.50 Å². The molecule has 0 radical (unpaired) electrons. The average Bonchev–Trinajstić information content (AvgIpc) is 3.22. The molecule has 0 aliphatic heterocycles. The number of benzene rings is 2. The third kappa shape index (κ3) is 2.87. The van der Waals surface area contributed by atoms with E-state index in [2.05, 4.69) is 5.32 Å². The lowest BCUT2D eigenvalue weighted by Gasteiger charge is -2.20. The third-order valence-electron chi connectivity index (χ3n) is 3.49. The summed E-state index contributed by atoms with van der Waals surface area (Å²) in [6.45, 7) is 0. The van der Waals surface area contributed by atoms with Crippen molar-refractivity contribution in [3.05, 3.63) is 59.9 Å². The molecule has 2 N–H and O–H groups in total. The van der Waals surface area contributed by atoms with Crippen molar-refractivity contribution in [2.75, 3.05) is 5.32 Å². The van der Waals surface area contributed by atoms with Gasteiger partial charge in [0.2, 0.25) is 0 Å². The third-order valence-corrected chi connectivity index (χ3v) is 3.49. The van der Waals surface area contributed by atoms with Gasteiger partial charge in [0, 0.05) is 11.8 Å². The van der Waals surface area contributed by atoms with Gasteiger partial charge in [0.05, 0.1) is 6.04 Å². The van der Waals surface area contributed by atoms with Crippen LogP contribution in [0.25, 0.3) is 0 Å². The molecule has 98 valence electrons. The van der Waals surface area contributed by atoms with Crippen molar-refractivity contribution >= 4 is 5.69 Å². The van der Waals surface area contributed by atoms with E-state index in [4.69, 9.17) is 0 Å². The lowest BCUT2D eigenvalue weighted by Crippen LogP contribution is -2.12. The smallest absolute Gasteiger partial charge is 0.123 e. The van der Waals surface area contributed by atoms with Crippen molar-refractivity contribution < 1.29 is 9.50 Å². The van der Waals surface area contributed by atoms with Gasteiger partial charge in [0.15, 0.2) is 0 Å². The highest BCUT2D eigenvalue weighted by molar-refractivity contribution is 5.50. The normalized spacial score (nSPS) is 16.1. The molecule has 0 amide bonds. The zero-order valence-electron chi connectivity index (χ0n) is 10.5. The molecule has 2 aromatic carbocycles. The maximum atomic E-state index is 13.0. The minimum absolute atomic E-state index is 0.183. The van der Waals surface area contributed by atoms with Gasteiger partial charge in [-0.15, -0.1) is 0 Å². The summed E-state index contributed by atoms with van der Waals surface area (Å²) in [4.78, 5) is 0. The average molecular weight is 257 g/mol.